The van der Waals surface area contributed by atoms with E-state index in [1.54, 1.807) is 31.2 Å². The first-order chi connectivity index (χ1) is 9.30. The lowest BCUT2D eigenvalue weighted by Gasteiger charge is -2.17. The van der Waals surface area contributed by atoms with Gasteiger partial charge in [0, 0.05) is 0 Å². The Bertz CT molecular complexity index is 569. The predicted octanol–water partition coefficient (Wildman–Crippen LogP) is 2.26. The third kappa shape index (κ3) is 3.06. The predicted molar refractivity (Wildman–Crippen MR) is 79.3 cm³/mol. The van der Waals surface area contributed by atoms with E-state index in [1.807, 2.05) is 6.07 Å². The fourth-order valence-corrected chi connectivity index (χ4v) is 1.86. The molecule has 0 saturated heterocycles. The van der Waals surface area contributed by atoms with Gasteiger partial charge in [0.1, 0.15) is 0 Å². The van der Waals surface area contributed by atoms with E-state index in [0.717, 1.165) is 0 Å². The van der Waals surface area contributed by atoms with Gasteiger partial charge in [-0.1, -0.05) is 53.0 Å². The van der Waals surface area contributed by atoms with Crippen LogP contribution in [0.3, 0.4) is 0 Å². The van der Waals surface area contributed by atoms with E-state index in [2.05, 4.69) is 10.4 Å². The molecule has 2 amide bonds. The fourth-order valence-electron chi connectivity index (χ4n) is 1.70. The minimum atomic E-state index is -2.12. The first-order valence-corrected chi connectivity index (χ1v) is 6.76. The highest BCUT2D eigenvalue weighted by Gasteiger charge is 2.40. The van der Waals surface area contributed by atoms with Gasteiger partial charge in [-0.25, -0.2) is 0 Å². The highest BCUT2D eigenvalue weighted by molar-refractivity contribution is 6.76. The van der Waals surface area contributed by atoms with Crippen molar-refractivity contribution in [2.75, 3.05) is 5.01 Å². The summed E-state index contributed by atoms with van der Waals surface area (Å²) >= 11 is 16.4. The van der Waals surface area contributed by atoms with Crippen LogP contribution in [0, 0.1) is 0 Å². The summed E-state index contributed by atoms with van der Waals surface area (Å²) in [6.45, 7) is 1.62. The maximum atomic E-state index is 12.2. The first kappa shape index (κ1) is 15.1. The zero-order valence-corrected chi connectivity index (χ0v) is 12.6. The van der Waals surface area contributed by atoms with Crippen LogP contribution in [0.5, 0.6) is 0 Å². The third-order valence-electron chi connectivity index (χ3n) is 2.66. The largest absolute Gasteiger partial charge is 0.336 e. The van der Waals surface area contributed by atoms with Crippen molar-refractivity contribution in [3.63, 3.8) is 0 Å². The van der Waals surface area contributed by atoms with Gasteiger partial charge < -0.3 is 5.32 Å². The van der Waals surface area contributed by atoms with Crippen molar-refractivity contribution < 1.29 is 9.59 Å². The molecule has 1 atom stereocenters. The molecular formula is C12H10Cl3N3O2. The van der Waals surface area contributed by atoms with Gasteiger partial charge in [0.25, 0.3) is 15.6 Å². The Morgan fingerprint density at radius 2 is 1.90 bits per heavy atom. The van der Waals surface area contributed by atoms with Crippen molar-refractivity contribution in [3.8, 4) is 0 Å². The number of carbonyl (C=O) groups excluding carboxylic acids is 2. The number of halogens is 3. The summed E-state index contributed by atoms with van der Waals surface area (Å²) in [4.78, 5) is 23.9. The normalized spacial score (nSPS) is 19.0. The Morgan fingerprint density at radius 3 is 2.45 bits per heavy atom. The molecule has 1 unspecified atom stereocenters. The number of nitrogens with zero attached hydrogens (tertiary/aromatic N) is 2. The average Bonchev–Trinajstić information content (AvgIpc) is 2.66. The van der Waals surface area contributed by atoms with Crippen molar-refractivity contribution in [3.05, 3.63) is 30.3 Å². The number of nitrogens with one attached hydrogen (secondary N) is 1. The lowest BCUT2D eigenvalue weighted by atomic mass is 10.2. The molecule has 2 rings (SSSR count). The van der Waals surface area contributed by atoms with Crippen molar-refractivity contribution in [2.24, 2.45) is 5.10 Å². The van der Waals surface area contributed by atoms with Crippen LogP contribution < -0.4 is 10.3 Å². The number of rotatable bonds is 2. The van der Waals surface area contributed by atoms with Crippen molar-refractivity contribution in [1.82, 2.24) is 5.32 Å². The van der Waals surface area contributed by atoms with E-state index < -0.39 is 21.6 Å². The Kier molecular flexibility index (Phi) is 4.22. The maximum absolute atomic E-state index is 12.2. The second-order valence-corrected chi connectivity index (χ2v) is 6.41. The number of carbonyl (C=O) groups is 2. The van der Waals surface area contributed by atoms with Gasteiger partial charge in [-0.15, -0.1) is 0 Å². The number of hydrogen-bond donors (Lipinski definition) is 1. The molecule has 1 aliphatic heterocycles. The van der Waals surface area contributed by atoms with E-state index in [1.165, 1.54) is 5.01 Å². The van der Waals surface area contributed by atoms with E-state index in [4.69, 9.17) is 34.8 Å². The van der Waals surface area contributed by atoms with E-state index in [-0.39, 0.29) is 0 Å². The lowest BCUT2D eigenvalue weighted by molar-refractivity contribution is -0.125. The standard InChI is InChI=1S/C12H10Cl3N3O2/c1-7-9(16-11(20)12(13,14)15)10(19)18(17-7)8-5-3-2-4-6-8/h2-6,9H,1H3,(H,16,20). The number of alkyl halides is 3. The van der Waals surface area contributed by atoms with Gasteiger partial charge in [0.05, 0.1) is 11.4 Å². The molecule has 1 aromatic carbocycles. The molecule has 1 aromatic rings. The molecule has 0 spiro atoms. The van der Waals surface area contributed by atoms with Crippen LogP contribution in [-0.2, 0) is 9.59 Å². The molecule has 0 radical (unpaired) electrons. The van der Waals surface area contributed by atoms with Crippen molar-refractivity contribution in [2.45, 2.75) is 16.8 Å². The number of hydrazone groups is 1. The molecular weight excluding hydrogens is 325 g/mol. The Hall–Kier alpha value is -1.30. The Labute approximate surface area is 130 Å². The molecule has 1 N–H and O–H groups in total. The minimum absolute atomic E-state index is 0.406. The first-order valence-electron chi connectivity index (χ1n) is 5.62. The molecule has 5 nitrogen and oxygen atoms in total. The van der Waals surface area contributed by atoms with E-state index in [0.29, 0.717) is 11.4 Å². The minimum Gasteiger partial charge on any atom is -0.336 e. The van der Waals surface area contributed by atoms with Crippen LogP contribution in [0.2, 0.25) is 0 Å². The highest BCUT2D eigenvalue weighted by atomic mass is 35.6. The summed E-state index contributed by atoms with van der Waals surface area (Å²) in [5.41, 5.74) is 1.02. The quantitative estimate of drug-likeness (QED) is 0.843. The monoisotopic (exact) mass is 333 g/mol. The van der Waals surface area contributed by atoms with Crippen LogP contribution in [0.1, 0.15) is 6.92 Å². The van der Waals surface area contributed by atoms with Crippen LogP contribution in [0.25, 0.3) is 0 Å². The molecule has 1 heterocycles. The Balaban J connectivity index is 2.18. The van der Waals surface area contributed by atoms with Gasteiger partial charge in [0.2, 0.25) is 0 Å². The van der Waals surface area contributed by atoms with Gasteiger partial charge in [-0.05, 0) is 19.1 Å². The smallest absolute Gasteiger partial charge is 0.275 e. The van der Waals surface area contributed by atoms with Gasteiger partial charge in [-0.2, -0.15) is 10.1 Å². The summed E-state index contributed by atoms with van der Waals surface area (Å²) in [5, 5.41) is 7.68. The summed E-state index contributed by atoms with van der Waals surface area (Å²) in [7, 11) is 0. The molecule has 0 fully saturated rings. The summed E-state index contributed by atoms with van der Waals surface area (Å²) in [5.74, 6) is -1.28. The maximum Gasteiger partial charge on any atom is 0.275 e. The SMILES string of the molecule is CC1=NN(c2ccccc2)C(=O)C1NC(=O)C(Cl)(Cl)Cl. The van der Waals surface area contributed by atoms with Crippen molar-refractivity contribution in [1.29, 1.82) is 0 Å². The number of para-hydroxylation sites is 1. The van der Waals surface area contributed by atoms with Gasteiger partial charge in [-0.3, -0.25) is 9.59 Å². The number of amides is 2. The summed E-state index contributed by atoms with van der Waals surface area (Å²) < 4.78 is -2.12. The van der Waals surface area contributed by atoms with E-state index in [9.17, 15) is 9.59 Å². The molecule has 0 aliphatic carbocycles. The summed E-state index contributed by atoms with van der Waals surface area (Å²) in [6, 6.07) is 7.91. The second-order valence-electron chi connectivity index (χ2n) is 4.13. The molecule has 106 valence electrons. The van der Waals surface area contributed by atoms with Crippen LogP contribution in [0.15, 0.2) is 35.4 Å². The second kappa shape index (κ2) is 5.60. The van der Waals surface area contributed by atoms with Crippen LogP contribution >= 0.6 is 34.8 Å². The van der Waals surface area contributed by atoms with Crippen molar-refractivity contribution >= 4 is 58.0 Å². The number of anilines is 1. The third-order valence-corrected chi connectivity index (χ3v) is 3.18. The zero-order valence-electron chi connectivity index (χ0n) is 10.3. The topological polar surface area (TPSA) is 61.8 Å². The van der Waals surface area contributed by atoms with Crippen LogP contribution in [0.4, 0.5) is 5.69 Å². The van der Waals surface area contributed by atoms with Crippen LogP contribution in [-0.4, -0.2) is 27.4 Å². The van der Waals surface area contributed by atoms with Gasteiger partial charge in [0.15, 0.2) is 6.04 Å². The number of hydrogen-bond acceptors (Lipinski definition) is 3. The number of benzene rings is 1. The van der Waals surface area contributed by atoms with E-state index >= 15 is 0 Å². The average molecular weight is 335 g/mol. The molecule has 0 saturated carbocycles. The zero-order chi connectivity index (χ0) is 14.9. The fraction of sp³-hybridized carbons (Fsp3) is 0.250. The highest BCUT2D eigenvalue weighted by Crippen LogP contribution is 2.27. The Morgan fingerprint density at radius 1 is 1.30 bits per heavy atom. The lowest BCUT2D eigenvalue weighted by Crippen LogP contribution is -2.49. The van der Waals surface area contributed by atoms with Gasteiger partial charge >= 0.3 is 0 Å². The molecule has 1 aliphatic rings. The molecule has 0 aromatic heterocycles. The molecule has 8 heteroatoms. The molecule has 20 heavy (non-hydrogen) atoms. The molecule has 0 bridgehead atoms. The summed E-state index contributed by atoms with van der Waals surface area (Å²) in [6.07, 6.45) is 0.